The highest BCUT2D eigenvalue weighted by atomic mass is 15.4. The normalized spacial score (nSPS) is 20.7. The molecule has 0 amide bonds. The molecule has 1 unspecified atom stereocenters. The van der Waals surface area contributed by atoms with E-state index in [4.69, 9.17) is 5.73 Å². The maximum Gasteiger partial charge on any atom is 0.202 e. The first-order valence-electron chi connectivity index (χ1n) is 6.99. The molecule has 6 nitrogen and oxygen atoms in total. The number of likely N-dealkylation sites (N-methyl/N-ethyl adjacent to an activating group) is 1. The van der Waals surface area contributed by atoms with Crippen LogP contribution in [0.25, 0.3) is 11.2 Å². The molecule has 104 valence electrons. The highest BCUT2D eigenvalue weighted by Crippen LogP contribution is 2.30. The fraction of sp³-hybridized carbons (Fsp3) is 0.692. The summed E-state index contributed by atoms with van der Waals surface area (Å²) in [6.45, 7) is 4.31. The van der Waals surface area contributed by atoms with Crippen molar-refractivity contribution in [2.45, 2.75) is 32.2 Å². The summed E-state index contributed by atoms with van der Waals surface area (Å²) in [5.41, 5.74) is 9.27. The molecule has 19 heavy (non-hydrogen) atoms. The van der Waals surface area contributed by atoms with E-state index in [9.17, 15) is 0 Å². The number of likely N-dealkylation sites (tertiary alicyclic amines) is 1. The molecule has 6 heteroatoms. The predicted octanol–water partition coefficient (Wildman–Crippen LogP) is 1.18. The number of imidazole rings is 1. The number of hydrogen-bond acceptors (Lipinski definition) is 4. The molecule has 0 bridgehead atoms. The van der Waals surface area contributed by atoms with Gasteiger partial charge >= 0.3 is 0 Å². The lowest BCUT2D eigenvalue weighted by Gasteiger charge is -2.14. The Bertz CT molecular complexity index is 596. The van der Waals surface area contributed by atoms with E-state index in [1.54, 1.807) is 0 Å². The second-order valence-electron chi connectivity index (χ2n) is 5.54. The van der Waals surface area contributed by atoms with Crippen LogP contribution in [0.2, 0.25) is 0 Å². The van der Waals surface area contributed by atoms with E-state index < -0.39 is 0 Å². The second-order valence-corrected chi connectivity index (χ2v) is 5.54. The Hall–Kier alpha value is -1.56. The van der Waals surface area contributed by atoms with Gasteiger partial charge in [-0.25, -0.2) is 4.98 Å². The molecule has 0 spiro atoms. The van der Waals surface area contributed by atoms with Crippen LogP contribution in [0, 0.1) is 0 Å². The number of aryl methyl sites for hydroxylation is 2. The van der Waals surface area contributed by atoms with Gasteiger partial charge in [-0.1, -0.05) is 13.3 Å². The zero-order valence-electron chi connectivity index (χ0n) is 11.9. The van der Waals surface area contributed by atoms with Gasteiger partial charge in [0.05, 0.1) is 11.7 Å². The van der Waals surface area contributed by atoms with Crippen molar-refractivity contribution in [1.29, 1.82) is 0 Å². The number of fused-ring (bicyclic) bond motifs is 1. The lowest BCUT2D eigenvalue weighted by Crippen LogP contribution is -2.18. The molecule has 1 saturated heterocycles. The predicted molar refractivity (Wildman–Crippen MR) is 76.1 cm³/mol. The SMILES string of the molecule is CCCc1nn(C)c2c1nc(N)n2C1CCN(C)C1. The molecule has 0 aliphatic carbocycles. The van der Waals surface area contributed by atoms with Crippen LogP contribution in [0.3, 0.4) is 0 Å². The van der Waals surface area contributed by atoms with E-state index in [1.165, 1.54) is 0 Å². The number of nitrogens with two attached hydrogens (primary N) is 1. The molecule has 2 N–H and O–H groups in total. The van der Waals surface area contributed by atoms with Crippen molar-refractivity contribution in [2.24, 2.45) is 7.05 Å². The number of aromatic nitrogens is 4. The lowest BCUT2D eigenvalue weighted by molar-refractivity contribution is 0.394. The van der Waals surface area contributed by atoms with E-state index in [0.717, 1.165) is 49.2 Å². The molecular weight excluding hydrogens is 240 g/mol. The van der Waals surface area contributed by atoms with E-state index in [1.807, 2.05) is 11.7 Å². The molecule has 3 rings (SSSR count). The van der Waals surface area contributed by atoms with Crippen molar-refractivity contribution in [3.05, 3.63) is 5.69 Å². The smallest absolute Gasteiger partial charge is 0.202 e. The Labute approximate surface area is 113 Å². The summed E-state index contributed by atoms with van der Waals surface area (Å²) in [7, 11) is 4.13. The minimum absolute atomic E-state index is 0.417. The maximum atomic E-state index is 6.15. The molecule has 1 fully saturated rings. The Balaban J connectivity index is 2.11. The quantitative estimate of drug-likeness (QED) is 0.902. The molecule has 3 heterocycles. The average Bonchev–Trinajstić information content (AvgIpc) is 2.98. The number of nitrogen functional groups attached to an aromatic ring is 1. The van der Waals surface area contributed by atoms with Crippen molar-refractivity contribution < 1.29 is 0 Å². The third-order valence-corrected chi connectivity index (χ3v) is 3.98. The van der Waals surface area contributed by atoms with Gasteiger partial charge in [-0.15, -0.1) is 0 Å². The van der Waals surface area contributed by atoms with Gasteiger partial charge < -0.3 is 10.6 Å². The summed E-state index contributed by atoms with van der Waals surface area (Å²) in [5.74, 6) is 0.626. The van der Waals surface area contributed by atoms with Crippen molar-refractivity contribution in [2.75, 3.05) is 25.9 Å². The molecular formula is C13H22N6. The topological polar surface area (TPSA) is 64.9 Å². The first-order valence-corrected chi connectivity index (χ1v) is 6.99. The summed E-state index contributed by atoms with van der Waals surface area (Å²) >= 11 is 0. The van der Waals surface area contributed by atoms with E-state index in [0.29, 0.717) is 12.0 Å². The average molecular weight is 262 g/mol. The Morgan fingerprint density at radius 1 is 1.37 bits per heavy atom. The van der Waals surface area contributed by atoms with Gasteiger partial charge in [0.15, 0.2) is 5.65 Å². The molecule has 2 aromatic heterocycles. The van der Waals surface area contributed by atoms with Gasteiger partial charge in [-0.2, -0.15) is 5.10 Å². The summed E-state index contributed by atoms with van der Waals surface area (Å²) in [4.78, 5) is 6.89. The molecule has 0 radical (unpaired) electrons. The summed E-state index contributed by atoms with van der Waals surface area (Å²) in [6.07, 6.45) is 3.16. The van der Waals surface area contributed by atoms with Gasteiger partial charge in [-0.3, -0.25) is 9.25 Å². The zero-order chi connectivity index (χ0) is 13.6. The monoisotopic (exact) mass is 262 g/mol. The van der Waals surface area contributed by atoms with Gasteiger partial charge in [0.2, 0.25) is 5.95 Å². The molecule has 2 aromatic rings. The van der Waals surface area contributed by atoms with Crippen LogP contribution in [0.4, 0.5) is 5.95 Å². The van der Waals surface area contributed by atoms with Crippen LogP contribution in [0.15, 0.2) is 0 Å². The first kappa shape index (κ1) is 12.5. The van der Waals surface area contributed by atoms with Crippen molar-refractivity contribution >= 4 is 17.1 Å². The van der Waals surface area contributed by atoms with E-state index in [-0.39, 0.29) is 0 Å². The van der Waals surface area contributed by atoms with Crippen LogP contribution in [-0.2, 0) is 13.5 Å². The van der Waals surface area contributed by atoms with Gasteiger partial charge in [0.1, 0.15) is 5.52 Å². The third-order valence-electron chi connectivity index (χ3n) is 3.98. The van der Waals surface area contributed by atoms with Crippen molar-refractivity contribution in [3.63, 3.8) is 0 Å². The summed E-state index contributed by atoms with van der Waals surface area (Å²) in [6, 6.07) is 0.417. The Morgan fingerprint density at radius 2 is 2.16 bits per heavy atom. The number of anilines is 1. The van der Waals surface area contributed by atoms with E-state index in [2.05, 4.69) is 33.5 Å². The Morgan fingerprint density at radius 3 is 2.79 bits per heavy atom. The Kier molecular flexibility index (Phi) is 2.97. The molecule has 1 aliphatic rings. The maximum absolute atomic E-state index is 6.15. The molecule has 0 aromatic carbocycles. The highest BCUT2D eigenvalue weighted by molar-refractivity contribution is 5.78. The van der Waals surface area contributed by atoms with Crippen LogP contribution in [0.1, 0.15) is 31.5 Å². The largest absolute Gasteiger partial charge is 0.369 e. The second kappa shape index (κ2) is 4.52. The third kappa shape index (κ3) is 1.90. The fourth-order valence-corrected chi connectivity index (χ4v) is 3.11. The zero-order valence-corrected chi connectivity index (χ0v) is 11.9. The minimum atomic E-state index is 0.417. The van der Waals surface area contributed by atoms with Gasteiger partial charge in [-0.05, 0) is 26.4 Å². The number of nitrogens with zero attached hydrogens (tertiary/aromatic N) is 5. The van der Waals surface area contributed by atoms with Crippen LogP contribution < -0.4 is 5.73 Å². The molecule has 1 atom stereocenters. The summed E-state index contributed by atoms with van der Waals surface area (Å²) in [5, 5.41) is 4.60. The minimum Gasteiger partial charge on any atom is -0.369 e. The lowest BCUT2D eigenvalue weighted by atomic mass is 10.2. The number of rotatable bonds is 3. The summed E-state index contributed by atoms with van der Waals surface area (Å²) < 4.78 is 4.10. The van der Waals surface area contributed by atoms with Gasteiger partial charge in [0.25, 0.3) is 0 Å². The molecule has 0 saturated carbocycles. The first-order chi connectivity index (χ1) is 9.11. The molecule has 1 aliphatic heterocycles. The standard InChI is InChI=1S/C13H22N6/c1-4-5-10-11-12(18(3)16-10)19(13(14)15-11)9-6-7-17(2)8-9/h9H,4-8H2,1-3H3,(H2,14,15). The van der Waals surface area contributed by atoms with Crippen molar-refractivity contribution in [1.82, 2.24) is 24.2 Å². The number of hydrogen-bond donors (Lipinski definition) is 1. The van der Waals surface area contributed by atoms with Crippen LogP contribution in [0.5, 0.6) is 0 Å². The highest BCUT2D eigenvalue weighted by Gasteiger charge is 2.27. The fourth-order valence-electron chi connectivity index (χ4n) is 3.11. The van der Waals surface area contributed by atoms with Crippen molar-refractivity contribution in [3.8, 4) is 0 Å². The van der Waals surface area contributed by atoms with Crippen LogP contribution in [-0.4, -0.2) is 44.4 Å². The van der Waals surface area contributed by atoms with Gasteiger partial charge in [0, 0.05) is 13.6 Å². The van der Waals surface area contributed by atoms with Crippen LogP contribution >= 0.6 is 0 Å². The van der Waals surface area contributed by atoms with E-state index >= 15 is 0 Å².